The van der Waals surface area contributed by atoms with Gasteiger partial charge in [-0.2, -0.15) is 0 Å². The van der Waals surface area contributed by atoms with Crippen LogP contribution in [0.15, 0.2) is 36.5 Å². The number of hydrogen-bond donors (Lipinski definition) is 2. The van der Waals surface area contributed by atoms with Crippen LogP contribution in [0, 0.1) is 24.7 Å². The van der Waals surface area contributed by atoms with Gasteiger partial charge in [-0.1, -0.05) is 17.7 Å². The van der Waals surface area contributed by atoms with Crippen LogP contribution in [0.25, 0.3) is 0 Å². The molecule has 0 radical (unpaired) electrons. The van der Waals surface area contributed by atoms with Crippen LogP contribution in [-0.2, 0) is 0 Å². The maximum Gasteiger partial charge on any atom is 0.270 e. The molecule has 5 fully saturated rings. The van der Waals surface area contributed by atoms with Gasteiger partial charge in [-0.3, -0.25) is 4.79 Å². The van der Waals surface area contributed by atoms with Gasteiger partial charge in [0.1, 0.15) is 5.69 Å². The molecular formula is C26H33N5O2. The van der Waals surface area contributed by atoms with Crippen molar-refractivity contribution < 1.29 is 9.90 Å². The van der Waals surface area contributed by atoms with Crippen LogP contribution in [0.5, 0.6) is 0 Å². The second-order valence-electron chi connectivity index (χ2n) is 10.7. The van der Waals surface area contributed by atoms with E-state index in [0.717, 1.165) is 58.3 Å². The Hall–Kier alpha value is -2.67. The van der Waals surface area contributed by atoms with Crippen LogP contribution in [0.3, 0.4) is 0 Å². The van der Waals surface area contributed by atoms with E-state index in [1.54, 1.807) is 12.3 Å². The molecule has 2 unspecified atom stereocenters. The zero-order chi connectivity index (χ0) is 22.6. The molecule has 2 N–H and O–H groups in total. The van der Waals surface area contributed by atoms with E-state index in [4.69, 9.17) is 0 Å². The fraction of sp³-hybridized carbons (Fsp3) is 0.577. The topological polar surface area (TPSA) is 81.6 Å². The Labute approximate surface area is 195 Å². The molecule has 4 aliphatic carbocycles. The number of nitrogens with one attached hydrogen (secondary N) is 1. The first-order chi connectivity index (χ1) is 16.0. The van der Waals surface area contributed by atoms with E-state index in [9.17, 15) is 9.90 Å². The van der Waals surface area contributed by atoms with Crippen molar-refractivity contribution in [2.75, 3.05) is 36.0 Å². The molecule has 174 valence electrons. The van der Waals surface area contributed by atoms with Gasteiger partial charge in [0.05, 0.1) is 5.60 Å². The molecule has 7 rings (SSSR count). The van der Waals surface area contributed by atoms with Gasteiger partial charge in [0.15, 0.2) is 0 Å². The maximum absolute atomic E-state index is 13.1. The molecule has 1 aromatic heterocycles. The number of carbonyl (C=O) groups excluding carboxylic acids is 1. The van der Waals surface area contributed by atoms with Gasteiger partial charge in [0.2, 0.25) is 5.95 Å². The summed E-state index contributed by atoms with van der Waals surface area (Å²) in [6, 6.07) is 10.5. The summed E-state index contributed by atoms with van der Waals surface area (Å²) in [5.74, 6) is 1.93. The highest BCUT2D eigenvalue weighted by atomic mass is 16.3. The Kier molecular flexibility index (Phi) is 5.05. The number of benzene rings is 1. The molecule has 4 bridgehead atoms. The lowest BCUT2D eigenvalue weighted by molar-refractivity contribution is -0.136. The molecule has 1 saturated heterocycles. The van der Waals surface area contributed by atoms with Crippen molar-refractivity contribution in [1.29, 1.82) is 0 Å². The van der Waals surface area contributed by atoms with Gasteiger partial charge in [-0.05, 0) is 75.0 Å². The average molecular weight is 448 g/mol. The SMILES string of the molecule is Cc1ccc(N2CCN(c3nccc(C(=O)NC4C5CC6CC4CC(O)(C6)C5)n3)CC2)cc1. The van der Waals surface area contributed by atoms with Crippen LogP contribution < -0.4 is 15.1 Å². The Morgan fingerprint density at radius 3 is 2.33 bits per heavy atom. The van der Waals surface area contributed by atoms with Gasteiger partial charge < -0.3 is 20.2 Å². The third-order valence-electron chi connectivity index (χ3n) is 8.38. The lowest BCUT2D eigenvalue weighted by Gasteiger charge is -2.58. The highest BCUT2D eigenvalue weighted by Gasteiger charge is 2.55. The minimum atomic E-state index is -0.486. The summed E-state index contributed by atoms with van der Waals surface area (Å²) in [4.78, 5) is 26.8. The quantitative estimate of drug-likeness (QED) is 0.750. The first-order valence-corrected chi connectivity index (χ1v) is 12.4. The Morgan fingerprint density at radius 2 is 1.67 bits per heavy atom. The molecule has 7 nitrogen and oxygen atoms in total. The van der Waals surface area contributed by atoms with E-state index >= 15 is 0 Å². The van der Waals surface area contributed by atoms with Crippen LogP contribution in [-0.4, -0.2) is 58.8 Å². The molecule has 2 aromatic rings. The summed E-state index contributed by atoms with van der Waals surface area (Å²) in [5.41, 5.74) is 2.47. The fourth-order valence-corrected chi connectivity index (χ4v) is 6.99. The predicted octanol–water partition coefficient (Wildman–Crippen LogP) is 2.78. The Morgan fingerprint density at radius 1 is 1.00 bits per heavy atom. The summed E-state index contributed by atoms with van der Waals surface area (Å²) >= 11 is 0. The molecule has 0 spiro atoms. The summed E-state index contributed by atoms with van der Waals surface area (Å²) in [5, 5.41) is 14.1. The molecule has 7 heteroatoms. The number of nitrogens with zero attached hydrogens (tertiary/aromatic N) is 4. The van der Waals surface area contributed by atoms with E-state index in [0.29, 0.717) is 29.4 Å². The van der Waals surface area contributed by atoms with E-state index in [-0.39, 0.29) is 11.9 Å². The highest BCUT2D eigenvalue weighted by Crippen LogP contribution is 2.55. The first-order valence-electron chi connectivity index (χ1n) is 12.4. The van der Waals surface area contributed by atoms with E-state index in [1.807, 2.05) is 0 Å². The summed E-state index contributed by atoms with van der Waals surface area (Å²) < 4.78 is 0. The number of rotatable bonds is 4. The van der Waals surface area contributed by atoms with Crippen molar-refractivity contribution in [3.63, 3.8) is 0 Å². The minimum absolute atomic E-state index is 0.110. The molecule has 1 amide bonds. The second-order valence-corrected chi connectivity index (χ2v) is 10.7. The Balaban J connectivity index is 1.10. The predicted molar refractivity (Wildman–Crippen MR) is 127 cm³/mol. The van der Waals surface area contributed by atoms with Gasteiger partial charge in [0, 0.05) is 44.1 Å². The molecule has 33 heavy (non-hydrogen) atoms. The van der Waals surface area contributed by atoms with Gasteiger partial charge >= 0.3 is 0 Å². The third kappa shape index (κ3) is 3.97. The van der Waals surface area contributed by atoms with Gasteiger partial charge in [0.25, 0.3) is 5.91 Å². The standard InChI is InChI=1S/C26H33N5O2/c1-17-2-4-21(5-3-17)30-8-10-31(11-9-30)25-27-7-6-22(28-25)24(32)29-23-19-12-18-13-20(23)16-26(33,14-18)15-19/h2-7,18-20,23,33H,8-16H2,1H3,(H,29,32). The van der Waals surface area contributed by atoms with Crippen LogP contribution in [0.4, 0.5) is 11.6 Å². The van der Waals surface area contributed by atoms with Crippen LogP contribution in [0.2, 0.25) is 0 Å². The average Bonchev–Trinajstić information content (AvgIpc) is 2.81. The molecule has 1 aromatic carbocycles. The van der Waals surface area contributed by atoms with E-state index < -0.39 is 5.60 Å². The fourth-order valence-electron chi connectivity index (χ4n) is 6.99. The summed E-state index contributed by atoms with van der Waals surface area (Å²) in [7, 11) is 0. The molecule has 2 atom stereocenters. The molecule has 4 saturated carbocycles. The monoisotopic (exact) mass is 447 g/mol. The van der Waals surface area contributed by atoms with Crippen LogP contribution >= 0.6 is 0 Å². The maximum atomic E-state index is 13.1. The third-order valence-corrected chi connectivity index (χ3v) is 8.38. The van der Waals surface area contributed by atoms with E-state index in [2.05, 4.69) is 56.3 Å². The zero-order valence-corrected chi connectivity index (χ0v) is 19.3. The molecular weight excluding hydrogens is 414 g/mol. The van der Waals surface area contributed by atoms with Crippen molar-refractivity contribution in [3.05, 3.63) is 47.8 Å². The van der Waals surface area contributed by atoms with Gasteiger partial charge in [-0.15, -0.1) is 0 Å². The van der Waals surface area contributed by atoms with Crippen molar-refractivity contribution in [1.82, 2.24) is 15.3 Å². The molecule has 5 aliphatic rings. The lowest BCUT2D eigenvalue weighted by atomic mass is 9.52. The van der Waals surface area contributed by atoms with E-state index in [1.165, 1.54) is 11.3 Å². The van der Waals surface area contributed by atoms with Crippen molar-refractivity contribution in [2.45, 2.75) is 50.7 Å². The molecule has 1 aliphatic heterocycles. The van der Waals surface area contributed by atoms with Crippen LogP contribution in [0.1, 0.15) is 48.2 Å². The summed E-state index contributed by atoms with van der Waals surface area (Å²) in [6.45, 7) is 5.56. The van der Waals surface area contributed by atoms with Crippen molar-refractivity contribution in [2.24, 2.45) is 17.8 Å². The number of amides is 1. The van der Waals surface area contributed by atoms with Crippen molar-refractivity contribution >= 4 is 17.5 Å². The highest BCUT2D eigenvalue weighted by molar-refractivity contribution is 5.92. The molecule has 2 heterocycles. The number of piperazine rings is 1. The smallest absolute Gasteiger partial charge is 0.270 e. The second kappa shape index (κ2) is 7.97. The lowest BCUT2D eigenvalue weighted by Crippen LogP contribution is -2.61. The number of aliphatic hydroxyl groups is 1. The minimum Gasteiger partial charge on any atom is -0.390 e. The van der Waals surface area contributed by atoms with Gasteiger partial charge in [-0.25, -0.2) is 9.97 Å². The first kappa shape index (κ1) is 20.9. The normalized spacial score (nSPS) is 32.8. The number of aromatic nitrogens is 2. The Bertz CT molecular complexity index is 1020. The van der Waals surface area contributed by atoms with Crippen molar-refractivity contribution in [3.8, 4) is 0 Å². The number of aryl methyl sites for hydroxylation is 1. The number of carbonyl (C=O) groups is 1. The summed E-state index contributed by atoms with van der Waals surface area (Å²) in [6.07, 6.45) is 6.56. The number of hydrogen-bond acceptors (Lipinski definition) is 6. The largest absolute Gasteiger partial charge is 0.390 e. The zero-order valence-electron chi connectivity index (χ0n) is 19.3. The number of anilines is 2.